The van der Waals surface area contributed by atoms with Gasteiger partial charge in [-0.15, -0.1) is 0 Å². The third-order valence-corrected chi connectivity index (χ3v) is 4.70. The van der Waals surface area contributed by atoms with Gasteiger partial charge in [0.25, 0.3) is 0 Å². The number of aromatic nitrogens is 2. The van der Waals surface area contributed by atoms with Crippen LogP contribution in [0.4, 0.5) is 11.4 Å². The van der Waals surface area contributed by atoms with E-state index in [1.54, 1.807) is 26.5 Å². The third-order valence-electron chi connectivity index (χ3n) is 4.50. The Bertz CT molecular complexity index is 1050. The highest BCUT2D eigenvalue weighted by atomic mass is 32.1. The van der Waals surface area contributed by atoms with Gasteiger partial charge in [-0.25, -0.2) is 0 Å². The third kappa shape index (κ3) is 6.04. The second-order valence-electron chi connectivity index (χ2n) is 6.72. The maximum Gasteiger partial charge on any atom is 0.175 e. The summed E-state index contributed by atoms with van der Waals surface area (Å²) in [7, 11) is 3.20. The maximum atomic E-state index is 5.71. The Hall–Kier alpha value is -3.46. The SMILES string of the molecule is CCOc1ccc(Cn2cc(NC(=S)Nc3ccc(OC)cc3OC)cn2)cc1OCC. The first kappa shape index (κ1) is 23.2. The molecule has 0 radical (unpaired) electrons. The minimum absolute atomic E-state index is 0.424. The second kappa shape index (κ2) is 11.2. The molecule has 0 spiro atoms. The Morgan fingerprint density at radius 3 is 2.44 bits per heavy atom. The van der Waals surface area contributed by atoms with Gasteiger partial charge in [-0.2, -0.15) is 5.10 Å². The zero-order valence-electron chi connectivity index (χ0n) is 18.7. The van der Waals surface area contributed by atoms with Gasteiger partial charge in [0.05, 0.1) is 51.5 Å². The van der Waals surface area contributed by atoms with Crippen LogP contribution in [0.25, 0.3) is 0 Å². The van der Waals surface area contributed by atoms with Gasteiger partial charge in [0.1, 0.15) is 11.5 Å². The molecule has 3 aromatic rings. The van der Waals surface area contributed by atoms with E-state index in [1.807, 2.05) is 55.1 Å². The largest absolute Gasteiger partial charge is 0.497 e. The van der Waals surface area contributed by atoms with Gasteiger partial charge in [-0.05, 0) is 55.9 Å². The van der Waals surface area contributed by atoms with E-state index in [2.05, 4.69) is 15.7 Å². The van der Waals surface area contributed by atoms with Crippen LogP contribution in [0.15, 0.2) is 48.8 Å². The number of hydrogen-bond acceptors (Lipinski definition) is 6. The minimum atomic E-state index is 0.424. The number of thiocarbonyl (C=S) groups is 1. The highest BCUT2D eigenvalue weighted by Crippen LogP contribution is 2.30. The van der Waals surface area contributed by atoms with Crippen LogP contribution >= 0.6 is 12.2 Å². The van der Waals surface area contributed by atoms with Crippen molar-refractivity contribution in [3.05, 3.63) is 54.4 Å². The molecule has 170 valence electrons. The fraction of sp³-hybridized carbons (Fsp3) is 0.304. The van der Waals surface area contributed by atoms with Crippen molar-refractivity contribution in [3.63, 3.8) is 0 Å². The number of hydrogen-bond donors (Lipinski definition) is 2. The smallest absolute Gasteiger partial charge is 0.175 e. The molecule has 9 heteroatoms. The topological polar surface area (TPSA) is 78.8 Å². The van der Waals surface area contributed by atoms with Crippen molar-refractivity contribution in [1.29, 1.82) is 0 Å². The zero-order valence-corrected chi connectivity index (χ0v) is 19.5. The maximum absolute atomic E-state index is 5.71. The summed E-state index contributed by atoms with van der Waals surface area (Å²) in [5.74, 6) is 2.81. The van der Waals surface area contributed by atoms with Gasteiger partial charge in [0.2, 0.25) is 0 Å². The molecule has 0 aliphatic carbocycles. The van der Waals surface area contributed by atoms with Gasteiger partial charge in [0, 0.05) is 12.3 Å². The lowest BCUT2D eigenvalue weighted by atomic mass is 10.2. The van der Waals surface area contributed by atoms with Gasteiger partial charge in [-0.1, -0.05) is 6.07 Å². The van der Waals surface area contributed by atoms with Gasteiger partial charge >= 0.3 is 0 Å². The number of nitrogens with zero attached hydrogens (tertiary/aromatic N) is 2. The first-order valence-electron chi connectivity index (χ1n) is 10.3. The molecule has 32 heavy (non-hydrogen) atoms. The summed E-state index contributed by atoms with van der Waals surface area (Å²) in [6.45, 7) is 5.64. The van der Waals surface area contributed by atoms with Crippen LogP contribution in [0.3, 0.4) is 0 Å². The van der Waals surface area contributed by atoms with Crippen LogP contribution in [-0.2, 0) is 6.54 Å². The molecule has 0 aliphatic heterocycles. The van der Waals surface area contributed by atoms with E-state index >= 15 is 0 Å². The van der Waals surface area contributed by atoms with Gasteiger partial charge in [0.15, 0.2) is 16.6 Å². The Kier molecular flexibility index (Phi) is 8.15. The van der Waals surface area contributed by atoms with Crippen molar-refractivity contribution in [3.8, 4) is 23.0 Å². The molecule has 1 heterocycles. The number of benzene rings is 2. The molecule has 0 fully saturated rings. The van der Waals surface area contributed by atoms with E-state index in [-0.39, 0.29) is 0 Å². The number of methoxy groups -OCH3 is 2. The molecule has 0 bridgehead atoms. The number of nitrogens with one attached hydrogen (secondary N) is 2. The van der Waals surface area contributed by atoms with Crippen LogP contribution < -0.4 is 29.6 Å². The predicted molar refractivity (Wildman–Crippen MR) is 129 cm³/mol. The van der Waals surface area contributed by atoms with Crippen LogP contribution in [0.2, 0.25) is 0 Å². The number of rotatable bonds is 10. The fourth-order valence-electron chi connectivity index (χ4n) is 3.08. The van der Waals surface area contributed by atoms with E-state index in [0.717, 1.165) is 28.4 Å². The van der Waals surface area contributed by atoms with Gasteiger partial charge < -0.3 is 29.6 Å². The molecule has 0 unspecified atom stereocenters. The molecule has 3 rings (SSSR count). The summed E-state index contributed by atoms with van der Waals surface area (Å²) < 4.78 is 23.8. The van der Waals surface area contributed by atoms with E-state index in [4.69, 9.17) is 31.2 Å². The van der Waals surface area contributed by atoms with Crippen LogP contribution in [-0.4, -0.2) is 42.3 Å². The zero-order chi connectivity index (χ0) is 22.9. The second-order valence-corrected chi connectivity index (χ2v) is 7.13. The molecule has 0 saturated carbocycles. The first-order chi connectivity index (χ1) is 15.6. The molecule has 0 aliphatic rings. The van der Waals surface area contributed by atoms with E-state index in [9.17, 15) is 0 Å². The molecule has 2 aromatic carbocycles. The Morgan fingerprint density at radius 2 is 1.72 bits per heavy atom. The van der Waals surface area contributed by atoms with E-state index in [1.165, 1.54) is 0 Å². The molecular formula is C23H28N4O4S. The van der Waals surface area contributed by atoms with Crippen molar-refractivity contribution >= 4 is 28.7 Å². The van der Waals surface area contributed by atoms with Crippen LogP contribution in [0, 0.1) is 0 Å². The molecule has 2 N–H and O–H groups in total. The highest BCUT2D eigenvalue weighted by Gasteiger charge is 2.10. The first-order valence-corrected chi connectivity index (χ1v) is 10.7. The minimum Gasteiger partial charge on any atom is -0.497 e. The van der Waals surface area contributed by atoms with Crippen molar-refractivity contribution in [1.82, 2.24) is 9.78 Å². The predicted octanol–water partition coefficient (Wildman–Crippen LogP) is 4.55. The quantitative estimate of drug-likeness (QED) is 0.430. The van der Waals surface area contributed by atoms with Crippen LogP contribution in [0.1, 0.15) is 19.4 Å². The Balaban J connectivity index is 1.64. The lowest BCUT2D eigenvalue weighted by Gasteiger charge is -2.13. The number of anilines is 2. The molecule has 1 aromatic heterocycles. The lowest BCUT2D eigenvalue weighted by molar-refractivity contribution is 0.287. The van der Waals surface area contributed by atoms with Crippen molar-refractivity contribution < 1.29 is 18.9 Å². The number of ether oxygens (including phenoxy) is 4. The fourth-order valence-corrected chi connectivity index (χ4v) is 3.31. The average molecular weight is 457 g/mol. The standard InChI is InChI=1S/C23H28N4O4S/c1-5-30-20-10-7-16(11-22(20)31-6-2)14-27-15-17(13-24-27)25-23(32)26-19-9-8-18(28-3)12-21(19)29-4/h7-13,15H,5-6,14H2,1-4H3,(H2,25,26,32). The van der Waals surface area contributed by atoms with Crippen molar-refractivity contribution in [2.24, 2.45) is 0 Å². The van der Waals surface area contributed by atoms with Crippen molar-refractivity contribution in [2.45, 2.75) is 20.4 Å². The summed E-state index contributed by atoms with van der Waals surface area (Å²) >= 11 is 5.43. The average Bonchev–Trinajstić information content (AvgIpc) is 3.22. The normalized spacial score (nSPS) is 10.4. The monoisotopic (exact) mass is 456 g/mol. The summed E-state index contributed by atoms with van der Waals surface area (Å²) in [6, 6.07) is 11.4. The molecule has 8 nitrogen and oxygen atoms in total. The summed E-state index contributed by atoms with van der Waals surface area (Å²) in [5.41, 5.74) is 2.55. The molecular weight excluding hydrogens is 428 g/mol. The lowest BCUT2D eigenvalue weighted by Crippen LogP contribution is -2.19. The molecule has 0 saturated heterocycles. The summed E-state index contributed by atoms with van der Waals surface area (Å²) in [5, 5.41) is 11.1. The Labute approximate surface area is 193 Å². The van der Waals surface area contributed by atoms with Gasteiger partial charge in [-0.3, -0.25) is 4.68 Å². The van der Waals surface area contributed by atoms with Crippen LogP contribution in [0.5, 0.6) is 23.0 Å². The van der Waals surface area contributed by atoms with E-state index < -0.39 is 0 Å². The Morgan fingerprint density at radius 1 is 0.938 bits per heavy atom. The summed E-state index contributed by atoms with van der Waals surface area (Å²) in [4.78, 5) is 0. The molecule has 0 amide bonds. The molecule has 0 atom stereocenters. The van der Waals surface area contributed by atoms with E-state index in [0.29, 0.717) is 36.4 Å². The summed E-state index contributed by atoms with van der Waals surface area (Å²) in [6.07, 6.45) is 3.60. The van der Waals surface area contributed by atoms with Crippen molar-refractivity contribution in [2.75, 3.05) is 38.1 Å². The highest BCUT2D eigenvalue weighted by molar-refractivity contribution is 7.80.